The minimum Gasteiger partial charge on any atom is -0.398 e. The Balaban J connectivity index is 0.000000179. The number of hydrogen-bond acceptors (Lipinski definition) is 4. The molecule has 0 fully saturated rings. The molecule has 290 valence electrons. The average molecular weight is 784 g/mol. The molecule has 4 heteroatoms. The fraction of sp³-hybridized carbons (Fsp3) is 0.0909. The molecule has 10 rings (SSSR count). The van der Waals surface area contributed by atoms with Crippen LogP contribution in [0, 0.1) is 13.8 Å². The molecule has 3 nitrogen and oxygen atoms in total. The second-order valence-corrected chi connectivity index (χ2v) is 16.3. The van der Waals surface area contributed by atoms with Gasteiger partial charge in [0, 0.05) is 21.7 Å². The minimum absolute atomic E-state index is 0.0413. The average Bonchev–Trinajstić information content (AvgIpc) is 3.48. The van der Waals surface area contributed by atoms with Crippen molar-refractivity contribution in [3.63, 3.8) is 0 Å². The molecule has 59 heavy (non-hydrogen) atoms. The van der Waals surface area contributed by atoms with Gasteiger partial charge in [-0.2, -0.15) is 0 Å². The lowest BCUT2D eigenvalue weighted by Crippen LogP contribution is -2.14. The van der Waals surface area contributed by atoms with Gasteiger partial charge in [0.2, 0.25) is 0 Å². The van der Waals surface area contributed by atoms with Crippen LogP contribution in [0.4, 0.5) is 22.7 Å². The van der Waals surface area contributed by atoms with E-state index in [9.17, 15) is 0 Å². The largest absolute Gasteiger partial charge is 0.398 e. The van der Waals surface area contributed by atoms with Crippen molar-refractivity contribution in [1.82, 2.24) is 0 Å². The summed E-state index contributed by atoms with van der Waals surface area (Å²) in [6.07, 6.45) is 0. The van der Waals surface area contributed by atoms with E-state index < -0.39 is 0 Å². The van der Waals surface area contributed by atoms with E-state index in [-0.39, 0.29) is 5.41 Å². The Hall–Kier alpha value is -6.75. The molecule has 0 heterocycles. The van der Waals surface area contributed by atoms with E-state index in [0.717, 1.165) is 27.6 Å². The normalized spacial score (nSPS) is 12.1. The van der Waals surface area contributed by atoms with E-state index in [1.807, 2.05) is 78.9 Å². The summed E-state index contributed by atoms with van der Waals surface area (Å²) in [6.45, 7) is 9.06. The molecule has 9 aromatic carbocycles. The number of aryl methyl sites for hydroxylation is 2. The summed E-state index contributed by atoms with van der Waals surface area (Å²) in [5, 5.41) is 8.52. The van der Waals surface area contributed by atoms with Crippen molar-refractivity contribution in [2.75, 3.05) is 16.8 Å². The first-order valence-corrected chi connectivity index (χ1v) is 20.5. The number of rotatable bonds is 4. The SMILES string of the molecule is Cc1ccc(-c2c3ccccc3c(-c3ccc(C)cc3)c3cc4c(cc23)-c2ccccc2C4(C)C)cc1.Nc1ccccc1Nc1ccccc1.Nc1ccccc1S. The molecule has 0 radical (unpaired) electrons. The monoisotopic (exact) mass is 783 g/mol. The maximum absolute atomic E-state index is 5.81. The van der Waals surface area contributed by atoms with Crippen LogP contribution in [0.25, 0.3) is 54.9 Å². The third-order valence-electron chi connectivity index (χ3n) is 11.4. The van der Waals surface area contributed by atoms with E-state index in [4.69, 9.17) is 11.5 Å². The van der Waals surface area contributed by atoms with Crippen LogP contribution in [-0.4, -0.2) is 0 Å². The van der Waals surface area contributed by atoms with Crippen molar-refractivity contribution < 1.29 is 0 Å². The van der Waals surface area contributed by atoms with Gasteiger partial charge in [0.05, 0.1) is 11.4 Å². The number of benzene rings is 9. The molecule has 0 saturated heterocycles. The number of thiol groups is 1. The highest BCUT2D eigenvalue weighted by atomic mass is 32.1. The quantitative estimate of drug-likeness (QED) is 0.0817. The van der Waals surface area contributed by atoms with Crippen LogP contribution in [0.5, 0.6) is 0 Å². The van der Waals surface area contributed by atoms with Crippen molar-refractivity contribution in [2.24, 2.45) is 0 Å². The predicted octanol–water partition coefficient (Wildman–Crippen LogP) is 14.8. The molecule has 9 aromatic rings. The first-order valence-electron chi connectivity index (χ1n) is 20.1. The van der Waals surface area contributed by atoms with Gasteiger partial charge in [-0.25, -0.2) is 0 Å². The van der Waals surface area contributed by atoms with Crippen molar-refractivity contribution in [3.8, 4) is 33.4 Å². The number of fused-ring (bicyclic) bond motifs is 5. The van der Waals surface area contributed by atoms with Gasteiger partial charge in [-0.05, 0) is 128 Å². The van der Waals surface area contributed by atoms with E-state index in [0.29, 0.717) is 0 Å². The van der Waals surface area contributed by atoms with Crippen molar-refractivity contribution >= 4 is 56.9 Å². The number of nitrogens with one attached hydrogen (secondary N) is 1. The Morgan fingerprint density at radius 2 is 0.932 bits per heavy atom. The van der Waals surface area contributed by atoms with Crippen LogP contribution in [0.15, 0.2) is 193 Å². The zero-order valence-corrected chi connectivity index (χ0v) is 34.9. The van der Waals surface area contributed by atoms with Crippen LogP contribution in [-0.2, 0) is 5.41 Å². The summed E-state index contributed by atoms with van der Waals surface area (Å²) in [7, 11) is 0. The third-order valence-corrected chi connectivity index (χ3v) is 11.8. The standard InChI is InChI=1S/C37H30.C12H12N2.C6H7NS/c1-23-13-17-25(18-14-23)35-28-10-5-6-11-29(28)36(26-19-15-24(2)16-20-26)32-22-34-30(21-31(32)35)27-9-7-8-12-33(27)37(34,3)4;13-11-8-4-5-9-12(11)14-10-6-2-1-3-7-10;7-5-3-1-2-4-6(5)8/h5-22H,1-4H3;1-9,14H,13H2;1-4,8H,7H2. The number of nitrogens with two attached hydrogens (primary N) is 2. The zero-order chi connectivity index (χ0) is 41.1. The summed E-state index contributed by atoms with van der Waals surface area (Å²) in [5.41, 5.74) is 28.0. The molecule has 0 bridgehead atoms. The van der Waals surface area contributed by atoms with Gasteiger partial charge in [0.25, 0.3) is 0 Å². The van der Waals surface area contributed by atoms with E-state index in [1.165, 1.54) is 77.2 Å². The fourth-order valence-corrected chi connectivity index (χ4v) is 8.37. The van der Waals surface area contributed by atoms with E-state index in [2.05, 4.69) is 155 Å². The van der Waals surface area contributed by atoms with Crippen molar-refractivity contribution in [3.05, 3.63) is 210 Å². The number of nitrogen functional groups attached to an aromatic ring is 2. The molecule has 5 N–H and O–H groups in total. The molecule has 0 unspecified atom stereocenters. The molecule has 1 aliphatic carbocycles. The summed E-state index contributed by atoms with van der Waals surface area (Å²) < 4.78 is 0. The number of hydrogen-bond donors (Lipinski definition) is 4. The smallest absolute Gasteiger partial charge is 0.0617 e. The second kappa shape index (κ2) is 16.6. The first kappa shape index (κ1) is 39.1. The molecule has 0 atom stereocenters. The number of anilines is 4. The van der Waals surface area contributed by atoms with Crippen LogP contribution >= 0.6 is 12.6 Å². The molecule has 0 spiro atoms. The second-order valence-electron chi connectivity index (χ2n) is 15.8. The van der Waals surface area contributed by atoms with Gasteiger partial charge in [0.15, 0.2) is 0 Å². The molecule has 1 aliphatic rings. The Labute approximate surface area is 353 Å². The molecule has 0 amide bonds. The Kier molecular flexibility index (Phi) is 11.0. The summed E-state index contributed by atoms with van der Waals surface area (Å²) in [6, 6.07) is 66.1. The van der Waals surface area contributed by atoms with Gasteiger partial charge >= 0.3 is 0 Å². The summed E-state index contributed by atoms with van der Waals surface area (Å²) in [5.74, 6) is 0. The first-order chi connectivity index (χ1) is 28.6. The fourth-order valence-electron chi connectivity index (χ4n) is 8.21. The highest BCUT2D eigenvalue weighted by Crippen LogP contribution is 2.53. The van der Waals surface area contributed by atoms with Crippen molar-refractivity contribution in [1.29, 1.82) is 0 Å². The van der Waals surface area contributed by atoms with Gasteiger partial charge in [-0.15, -0.1) is 12.6 Å². The topological polar surface area (TPSA) is 64.1 Å². The highest BCUT2D eigenvalue weighted by molar-refractivity contribution is 7.80. The predicted molar refractivity (Wildman–Crippen MR) is 258 cm³/mol. The maximum atomic E-state index is 5.81. The summed E-state index contributed by atoms with van der Waals surface area (Å²) >= 11 is 4.07. The lowest BCUT2D eigenvalue weighted by Gasteiger charge is -2.24. The van der Waals surface area contributed by atoms with E-state index in [1.54, 1.807) is 0 Å². The maximum Gasteiger partial charge on any atom is 0.0617 e. The third kappa shape index (κ3) is 7.92. The zero-order valence-electron chi connectivity index (χ0n) is 34.0. The lowest BCUT2D eigenvalue weighted by molar-refractivity contribution is 0.661. The van der Waals surface area contributed by atoms with Gasteiger partial charge < -0.3 is 16.8 Å². The van der Waals surface area contributed by atoms with Gasteiger partial charge in [-0.1, -0.05) is 165 Å². The Morgan fingerprint density at radius 3 is 1.49 bits per heavy atom. The lowest BCUT2D eigenvalue weighted by atomic mass is 9.79. The summed E-state index contributed by atoms with van der Waals surface area (Å²) in [4.78, 5) is 0.840. The van der Waals surface area contributed by atoms with Crippen LogP contribution in [0.2, 0.25) is 0 Å². The molecule has 0 aromatic heterocycles. The molecule has 0 saturated carbocycles. The number of para-hydroxylation sites is 4. The van der Waals surface area contributed by atoms with Gasteiger partial charge in [-0.3, -0.25) is 0 Å². The molecular formula is C55H49N3S. The molecular weight excluding hydrogens is 735 g/mol. The van der Waals surface area contributed by atoms with Gasteiger partial charge in [0.1, 0.15) is 0 Å². The highest BCUT2D eigenvalue weighted by Gasteiger charge is 2.36. The van der Waals surface area contributed by atoms with Crippen LogP contribution < -0.4 is 16.8 Å². The van der Waals surface area contributed by atoms with Crippen LogP contribution in [0.1, 0.15) is 36.1 Å². The Bertz CT molecular complexity index is 2890. The molecule has 0 aliphatic heterocycles. The minimum atomic E-state index is -0.0413. The van der Waals surface area contributed by atoms with E-state index >= 15 is 0 Å². The Morgan fingerprint density at radius 1 is 0.441 bits per heavy atom. The van der Waals surface area contributed by atoms with Crippen molar-refractivity contribution in [2.45, 2.75) is 38.0 Å². The van der Waals surface area contributed by atoms with Crippen LogP contribution in [0.3, 0.4) is 0 Å².